The molecule has 0 saturated heterocycles. The van der Waals surface area contributed by atoms with Gasteiger partial charge in [-0.3, -0.25) is 4.99 Å². The highest BCUT2D eigenvalue weighted by Gasteiger charge is 1.98. The third kappa shape index (κ3) is 3.11. The van der Waals surface area contributed by atoms with Gasteiger partial charge in [-0.2, -0.15) is 0 Å². The summed E-state index contributed by atoms with van der Waals surface area (Å²) in [4.78, 5) is 12.2. The highest BCUT2D eigenvalue weighted by Crippen LogP contribution is 2.17. The topological polar surface area (TPSA) is 47.4 Å². The lowest BCUT2D eigenvalue weighted by atomic mass is 10.2. The second-order valence-corrected chi connectivity index (χ2v) is 3.42. The maximum absolute atomic E-state index is 5.25. The second-order valence-electron chi connectivity index (χ2n) is 3.42. The summed E-state index contributed by atoms with van der Waals surface area (Å²) in [5, 5.41) is 0. The maximum Gasteiger partial charge on any atom is 0.123 e. The van der Waals surface area contributed by atoms with Gasteiger partial charge in [0, 0.05) is 18.0 Å². The van der Waals surface area contributed by atoms with Crippen LogP contribution >= 0.6 is 0 Å². The molecular formula is C13H13N3O. The number of hydrogen-bond acceptors (Lipinski definition) is 4. The van der Waals surface area contributed by atoms with E-state index in [1.807, 2.05) is 30.3 Å². The standard InChI is InChI=1S/C13H13N3O/c1-17-13-5-3-2-4-11(13)8-15-9-12-6-7-14-10-16-12/h2-7,9-10H,8H2,1H3. The summed E-state index contributed by atoms with van der Waals surface area (Å²) in [6.07, 6.45) is 4.93. The van der Waals surface area contributed by atoms with Gasteiger partial charge in [0.25, 0.3) is 0 Å². The molecule has 1 aromatic carbocycles. The zero-order valence-corrected chi connectivity index (χ0v) is 9.58. The van der Waals surface area contributed by atoms with Crippen LogP contribution in [0.4, 0.5) is 0 Å². The number of rotatable bonds is 4. The summed E-state index contributed by atoms with van der Waals surface area (Å²) in [5.41, 5.74) is 1.86. The fourth-order valence-electron chi connectivity index (χ4n) is 1.45. The first kappa shape index (κ1) is 11.3. The first-order valence-corrected chi connectivity index (χ1v) is 5.28. The Kier molecular flexibility index (Phi) is 3.81. The molecule has 0 radical (unpaired) electrons. The van der Waals surface area contributed by atoms with Crippen molar-refractivity contribution in [2.75, 3.05) is 7.11 Å². The third-order valence-corrected chi connectivity index (χ3v) is 2.28. The lowest BCUT2D eigenvalue weighted by Gasteiger charge is -2.04. The van der Waals surface area contributed by atoms with Crippen LogP contribution in [0.15, 0.2) is 47.8 Å². The fourth-order valence-corrected chi connectivity index (χ4v) is 1.45. The Labute approximate surface area is 100 Å². The molecule has 1 heterocycles. The molecule has 0 fully saturated rings. The highest BCUT2D eigenvalue weighted by molar-refractivity contribution is 5.76. The molecule has 17 heavy (non-hydrogen) atoms. The molecule has 0 spiro atoms. The first-order valence-electron chi connectivity index (χ1n) is 5.28. The number of benzene rings is 1. The quantitative estimate of drug-likeness (QED) is 0.751. The molecule has 2 rings (SSSR count). The zero-order chi connectivity index (χ0) is 11.9. The Morgan fingerprint density at radius 1 is 1.29 bits per heavy atom. The predicted octanol–water partition coefficient (Wildman–Crippen LogP) is 2.10. The smallest absolute Gasteiger partial charge is 0.123 e. The summed E-state index contributed by atoms with van der Waals surface area (Å²) in [6.45, 7) is 0.577. The van der Waals surface area contributed by atoms with Crippen molar-refractivity contribution < 1.29 is 4.74 Å². The van der Waals surface area contributed by atoms with Gasteiger partial charge >= 0.3 is 0 Å². The van der Waals surface area contributed by atoms with Crippen LogP contribution in [0.3, 0.4) is 0 Å². The van der Waals surface area contributed by atoms with Crippen molar-refractivity contribution in [2.45, 2.75) is 6.54 Å². The van der Waals surface area contributed by atoms with Crippen molar-refractivity contribution in [3.8, 4) is 5.75 Å². The minimum Gasteiger partial charge on any atom is -0.496 e. The Morgan fingerprint density at radius 2 is 2.18 bits per heavy atom. The van der Waals surface area contributed by atoms with Gasteiger partial charge < -0.3 is 4.74 Å². The van der Waals surface area contributed by atoms with Gasteiger partial charge in [-0.1, -0.05) is 18.2 Å². The number of aliphatic imine (C=N–C) groups is 1. The molecule has 1 aromatic heterocycles. The Hall–Kier alpha value is -2.23. The zero-order valence-electron chi connectivity index (χ0n) is 9.58. The molecular weight excluding hydrogens is 214 g/mol. The van der Waals surface area contributed by atoms with Crippen LogP contribution in [0.25, 0.3) is 0 Å². The Bertz CT molecular complexity index is 497. The van der Waals surface area contributed by atoms with Crippen LogP contribution in [-0.4, -0.2) is 23.3 Å². The molecule has 0 bridgehead atoms. The SMILES string of the molecule is COc1ccccc1CN=Cc1ccncn1. The lowest BCUT2D eigenvalue weighted by Crippen LogP contribution is -1.92. The van der Waals surface area contributed by atoms with Gasteiger partial charge in [0.1, 0.15) is 12.1 Å². The number of methoxy groups -OCH3 is 1. The van der Waals surface area contributed by atoms with Gasteiger partial charge in [0.15, 0.2) is 0 Å². The largest absolute Gasteiger partial charge is 0.496 e. The van der Waals surface area contributed by atoms with Crippen LogP contribution in [0.2, 0.25) is 0 Å². The van der Waals surface area contributed by atoms with E-state index in [0.717, 1.165) is 17.0 Å². The van der Waals surface area contributed by atoms with Crippen LogP contribution < -0.4 is 4.74 Å². The number of nitrogens with zero attached hydrogens (tertiary/aromatic N) is 3. The van der Waals surface area contributed by atoms with E-state index in [-0.39, 0.29) is 0 Å². The van der Waals surface area contributed by atoms with Crippen LogP contribution in [0.5, 0.6) is 5.75 Å². The third-order valence-electron chi connectivity index (χ3n) is 2.28. The van der Waals surface area contributed by atoms with Crippen molar-refractivity contribution in [2.24, 2.45) is 4.99 Å². The average molecular weight is 227 g/mol. The van der Waals surface area contributed by atoms with Crippen molar-refractivity contribution >= 4 is 6.21 Å². The molecule has 0 amide bonds. The molecule has 2 aromatic rings. The predicted molar refractivity (Wildman–Crippen MR) is 66.3 cm³/mol. The molecule has 0 N–H and O–H groups in total. The van der Waals surface area contributed by atoms with Crippen LogP contribution in [-0.2, 0) is 6.54 Å². The Balaban J connectivity index is 2.05. The van der Waals surface area contributed by atoms with Crippen molar-refractivity contribution in [3.63, 3.8) is 0 Å². The summed E-state index contributed by atoms with van der Waals surface area (Å²) in [5.74, 6) is 0.854. The van der Waals surface area contributed by atoms with E-state index in [9.17, 15) is 0 Å². The van der Waals surface area contributed by atoms with Gasteiger partial charge in [-0.05, 0) is 12.1 Å². The lowest BCUT2D eigenvalue weighted by molar-refractivity contribution is 0.410. The van der Waals surface area contributed by atoms with Crippen molar-refractivity contribution in [3.05, 3.63) is 54.1 Å². The minimum absolute atomic E-state index is 0.577. The van der Waals surface area contributed by atoms with Gasteiger partial charge in [0.05, 0.1) is 19.3 Å². The minimum atomic E-state index is 0.577. The molecule has 0 saturated carbocycles. The van der Waals surface area contributed by atoms with E-state index in [1.54, 1.807) is 19.5 Å². The summed E-state index contributed by atoms with van der Waals surface area (Å²) in [6, 6.07) is 9.64. The number of ether oxygens (including phenoxy) is 1. The van der Waals surface area contributed by atoms with Gasteiger partial charge in [0.2, 0.25) is 0 Å². The van der Waals surface area contributed by atoms with E-state index in [2.05, 4.69) is 15.0 Å². The van der Waals surface area contributed by atoms with Crippen molar-refractivity contribution in [1.29, 1.82) is 0 Å². The van der Waals surface area contributed by atoms with E-state index >= 15 is 0 Å². The van der Waals surface area contributed by atoms with E-state index in [4.69, 9.17) is 4.74 Å². The normalized spacial score (nSPS) is 10.6. The summed E-state index contributed by atoms with van der Waals surface area (Å²) in [7, 11) is 1.66. The van der Waals surface area contributed by atoms with Gasteiger partial charge in [-0.15, -0.1) is 0 Å². The molecule has 0 aliphatic carbocycles. The van der Waals surface area contributed by atoms with E-state index in [0.29, 0.717) is 6.54 Å². The van der Waals surface area contributed by atoms with Gasteiger partial charge in [-0.25, -0.2) is 9.97 Å². The molecule has 0 aliphatic heterocycles. The highest BCUT2D eigenvalue weighted by atomic mass is 16.5. The molecule has 4 heteroatoms. The molecule has 0 unspecified atom stereocenters. The van der Waals surface area contributed by atoms with Crippen LogP contribution in [0.1, 0.15) is 11.3 Å². The summed E-state index contributed by atoms with van der Waals surface area (Å²) < 4.78 is 5.25. The fraction of sp³-hybridized carbons (Fsp3) is 0.154. The molecule has 86 valence electrons. The second kappa shape index (κ2) is 5.75. The summed E-state index contributed by atoms with van der Waals surface area (Å²) >= 11 is 0. The number of hydrogen-bond donors (Lipinski definition) is 0. The molecule has 4 nitrogen and oxygen atoms in total. The molecule has 0 aliphatic rings. The molecule has 0 atom stereocenters. The van der Waals surface area contributed by atoms with Crippen molar-refractivity contribution in [1.82, 2.24) is 9.97 Å². The Morgan fingerprint density at radius 3 is 2.94 bits per heavy atom. The number of aromatic nitrogens is 2. The van der Waals surface area contributed by atoms with Crippen LogP contribution in [0, 0.1) is 0 Å². The van der Waals surface area contributed by atoms with E-state index in [1.165, 1.54) is 6.33 Å². The first-order chi connectivity index (χ1) is 8.40. The monoisotopic (exact) mass is 227 g/mol. The van der Waals surface area contributed by atoms with E-state index < -0.39 is 0 Å². The average Bonchev–Trinajstić information content (AvgIpc) is 2.40. The number of para-hydroxylation sites is 1. The maximum atomic E-state index is 5.25.